The molecule has 0 aliphatic heterocycles. The average Bonchev–Trinajstić information content (AvgIpc) is 2.54. The van der Waals surface area contributed by atoms with E-state index in [1.807, 2.05) is 43.3 Å². The normalized spacial score (nSPS) is 10.0. The molecule has 0 aliphatic rings. The van der Waals surface area contributed by atoms with Crippen molar-refractivity contribution in [3.63, 3.8) is 0 Å². The molecule has 2 rings (SSSR count). The number of aromatic nitrogens is 1. The van der Waals surface area contributed by atoms with E-state index >= 15 is 0 Å². The zero-order valence-electron chi connectivity index (χ0n) is 12.5. The van der Waals surface area contributed by atoms with Gasteiger partial charge in [-0.05, 0) is 43.3 Å². The SMILES string of the molecule is CCNc1cccc(C(=O)N(C)c2ccc(OC)cc2)n1. The first-order valence-corrected chi connectivity index (χ1v) is 6.78. The molecule has 0 fully saturated rings. The minimum absolute atomic E-state index is 0.153. The Labute approximate surface area is 124 Å². The van der Waals surface area contributed by atoms with E-state index < -0.39 is 0 Å². The third-order valence-corrected chi connectivity index (χ3v) is 3.09. The molecule has 0 radical (unpaired) electrons. The highest BCUT2D eigenvalue weighted by Gasteiger charge is 2.15. The van der Waals surface area contributed by atoms with Crippen molar-refractivity contribution in [2.75, 3.05) is 30.9 Å². The van der Waals surface area contributed by atoms with Crippen molar-refractivity contribution >= 4 is 17.4 Å². The van der Waals surface area contributed by atoms with E-state index in [0.717, 1.165) is 18.0 Å². The predicted molar refractivity (Wildman–Crippen MR) is 84.1 cm³/mol. The van der Waals surface area contributed by atoms with Gasteiger partial charge in [-0.2, -0.15) is 0 Å². The summed E-state index contributed by atoms with van der Waals surface area (Å²) in [4.78, 5) is 18.3. The fourth-order valence-corrected chi connectivity index (χ4v) is 1.93. The van der Waals surface area contributed by atoms with Crippen LogP contribution < -0.4 is 15.0 Å². The topological polar surface area (TPSA) is 54.5 Å². The van der Waals surface area contributed by atoms with Gasteiger partial charge in [0.05, 0.1) is 7.11 Å². The van der Waals surface area contributed by atoms with Gasteiger partial charge < -0.3 is 15.0 Å². The van der Waals surface area contributed by atoms with Crippen LogP contribution in [-0.2, 0) is 0 Å². The number of ether oxygens (including phenoxy) is 1. The number of benzene rings is 1. The second-order valence-corrected chi connectivity index (χ2v) is 4.50. The van der Waals surface area contributed by atoms with E-state index in [1.54, 1.807) is 25.1 Å². The number of hydrogen-bond acceptors (Lipinski definition) is 4. The molecular formula is C16H19N3O2. The van der Waals surface area contributed by atoms with Gasteiger partial charge in [-0.25, -0.2) is 4.98 Å². The molecule has 0 saturated heterocycles. The third-order valence-electron chi connectivity index (χ3n) is 3.09. The van der Waals surface area contributed by atoms with Crippen LogP contribution in [0.3, 0.4) is 0 Å². The number of anilines is 2. The zero-order chi connectivity index (χ0) is 15.2. The zero-order valence-corrected chi connectivity index (χ0v) is 12.5. The molecule has 1 N–H and O–H groups in total. The predicted octanol–water partition coefficient (Wildman–Crippen LogP) is 2.80. The van der Waals surface area contributed by atoms with E-state index in [-0.39, 0.29) is 5.91 Å². The summed E-state index contributed by atoms with van der Waals surface area (Å²) >= 11 is 0. The first-order chi connectivity index (χ1) is 10.2. The number of hydrogen-bond donors (Lipinski definition) is 1. The molecule has 5 nitrogen and oxygen atoms in total. The summed E-state index contributed by atoms with van der Waals surface area (Å²) in [5, 5.41) is 3.10. The number of pyridine rings is 1. The molecule has 1 aromatic heterocycles. The molecule has 0 saturated carbocycles. The third kappa shape index (κ3) is 3.51. The quantitative estimate of drug-likeness (QED) is 0.917. The molecule has 0 bridgehead atoms. The fourth-order valence-electron chi connectivity index (χ4n) is 1.93. The van der Waals surface area contributed by atoms with E-state index in [9.17, 15) is 4.79 Å². The van der Waals surface area contributed by atoms with Crippen LogP contribution in [0.1, 0.15) is 17.4 Å². The molecule has 0 aliphatic carbocycles. The standard InChI is InChI=1S/C16H19N3O2/c1-4-17-15-7-5-6-14(18-15)16(20)19(2)12-8-10-13(21-3)11-9-12/h5-11H,4H2,1-3H3,(H,17,18). The highest BCUT2D eigenvalue weighted by atomic mass is 16.5. The summed E-state index contributed by atoms with van der Waals surface area (Å²) in [5.41, 5.74) is 1.20. The Morgan fingerprint density at radius 2 is 1.95 bits per heavy atom. The average molecular weight is 285 g/mol. The lowest BCUT2D eigenvalue weighted by Crippen LogP contribution is -2.27. The molecule has 1 heterocycles. The van der Waals surface area contributed by atoms with E-state index in [2.05, 4.69) is 10.3 Å². The van der Waals surface area contributed by atoms with Crippen molar-refractivity contribution in [2.24, 2.45) is 0 Å². The van der Waals surface area contributed by atoms with Crippen LogP contribution in [0.15, 0.2) is 42.5 Å². The Kier molecular flexibility index (Phi) is 4.77. The van der Waals surface area contributed by atoms with Crippen LogP contribution in [0.2, 0.25) is 0 Å². The van der Waals surface area contributed by atoms with Crippen LogP contribution in [0, 0.1) is 0 Å². The van der Waals surface area contributed by atoms with Crippen molar-refractivity contribution in [1.29, 1.82) is 0 Å². The Morgan fingerprint density at radius 1 is 1.24 bits per heavy atom. The lowest BCUT2D eigenvalue weighted by atomic mass is 10.2. The van der Waals surface area contributed by atoms with Crippen molar-refractivity contribution in [1.82, 2.24) is 4.98 Å². The molecule has 0 spiro atoms. The summed E-state index contributed by atoms with van der Waals surface area (Å²) in [6.07, 6.45) is 0. The molecular weight excluding hydrogens is 266 g/mol. The molecule has 2 aromatic rings. The van der Waals surface area contributed by atoms with Gasteiger partial charge in [-0.15, -0.1) is 0 Å². The van der Waals surface area contributed by atoms with Gasteiger partial charge in [0.1, 0.15) is 17.3 Å². The number of carbonyl (C=O) groups excluding carboxylic acids is 1. The Morgan fingerprint density at radius 3 is 2.57 bits per heavy atom. The fraction of sp³-hybridized carbons (Fsp3) is 0.250. The summed E-state index contributed by atoms with van der Waals surface area (Å²) in [6, 6.07) is 12.7. The van der Waals surface area contributed by atoms with Crippen LogP contribution in [0.25, 0.3) is 0 Å². The molecule has 21 heavy (non-hydrogen) atoms. The number of amides is 1. The molecule has 0 atom stereocenters. The lowest BCUT2D eigenvalue weighted by molar-refractivity contribution is 0.0988. The van der Waals surface area contributed by atoms with Crippen LogP contribution in [0.4, 0.5) is 11.5 Å². The summed E-state index contributed by atoms with van der Waals surface area (Å²) in [6.45, 7) is 2.75. The molecule has 1 amide bonds. The van der Waals surface area contributed by atoms with Crippen LogP contribution in [0.5, 0.6) is 5.75 Å². The maximum atomic E-state index is 12.5. The van der Waals surface area contributed by atoms with E-state index in [4.69, 9.17) is 4.74 Å². The van der Waals surface area contributed by atoms with Gasteiger partial charge in [0.15, 0.2) is 0 Å². The number of methoxy groups -OCH3 is 1. The molecule has 5 heteroatoms. The van der Waals surface area contributed by atoms with Crippen LogP contribution >= 0.6 is 0 Å². The summed E-state index contributed by atoms with van der Waals surface area (Å²) in [5.74, 6) is 1.30. The van der Waals surface area contributed by atoms with Crippen molar-refractivity contribution in [3.05, 3.63) is 48.2 Å². The van der Waals surface area contributed by atoms with Gasteiger partial charge in [0, 0.05) is 19.3 Å². The highest BCUT2D eigenvalue weighted by molar-refractivity contribution is 6.04. The van der Waals surface area contributed by atoms with Gasteiger partial charge in [0.25, 0.3) is 5.91 Å². The Hall–Kier alpha value is -2.56. The molecule has 1 aromatic carbocycles. The minimum Gasteiger partial charge on any atom is -0.497 e. The maximum Gasteiger partial charge on any atom is 0.276 e. The van der Waals surface area contributed by atoms with E-state index in [0.29, 0.717) is 11.5 Å². The number of carbonyl (C=O) groups is 1. The molecule has 0 unspecified atom stereocenters. The first-order valence-electron chi connectivity index (χ1n) is 6.78. The first kappa shape index (κ1) is 14.8. The Bertz CT molecular complexity index is 611. The van der Waals surface area contributed by atoms with Gasteiger partial charge in [-0.1, -0.05) is 6.07 Å². The Balaban J connectivity index is 2.19. The highest BCUT2D eigenvalue weighted by Crippen LogP contribution is 2.19. The maximum absolute atomic E-state index is 12.5. The summed E-state index contributed by atoms with van der Waals surface area (Å²) in [7, 11) is 3.34. The van der Waals surface area contributed by atoms with Crippen molar-refractivity contribution < 1.29 is 9.53 Å². The van der Waals surface area contributed by atoms with Gasteiger partial charge in [0.2, 0.25) is 0 Å². The van der Waals surface area contributed by atoms with Crippen LogP contribution in [-0.4, -0.2) is 31.6 Å². The second-order valence-electron chi connectivity index (χ2n) is 4.50. The minimum atomic E-state index is -0.153. The number of rotatable bonds is 5. The summed E-state index contributed by atoms with van der Waals surface area (Å²) < 4.78 is 5.11. The van der Waals surface area contributed by atoms with Crippen molar-refractivity contribution in [3.8, 4) is 5.75 Å². The second kappa shape index (κ2) is 6.74. The number of nitrogens with zero attached hydrogens (tertiary/aromatic N) is 2. The van der Waals surface area contributed by atoms with Gasteiger partial charge >= 0.3 is 0 Å². The molecule has 110 valence electrons. The van der Waals surface area contributed by atoms with Crippen molar-refractivity contribution in [2.45, 2.75) is 6.92 Å². The number of nitrogens with one attached hydrogen (secondary N) is 1. The van der Waals surface area contributed by atoms with Gasteiger partial charge in [-0.3, -0.25) is 4.79 Å². The monoisotopic (exact) mass is 285 g/mol. The largest absolute Gasteiger partial charge is 0.497 e. The smallest absolute Gasteiger partial charge is 0.276 e. The lowest BCUT2D eigenvalue weighted by Gasteiger charge is -2.17. The van der Waals surface area contributed by atoms with E-state index in [1.165, 1.54) is 0 Å².